The van der Waals surface area contributed by atoms with Crippen LogP contribution in [0.3, 0.4) is 0 Å². The molecule has 0 radical (unpaired) electrons. The van der Waals surface area contributed by atoms with Crippen molar-refractivity contribution >= 4 is 6.29 Å². The summed E-state index contributed by atoms with van der Waals surface area (Å²) in [7, 11) is 0. The minimum atomic E-state index is -0.708. The molecule has 120 valence electrons. The van der Waals surface area contributed by atoms with Gasteiger partial charge in [0, 0.05) is 25.5 Å². The van der Waals surface area contributed by atoms with Gasteiger partial charge in [-0.3, -0.25) is 14.2 Å². The standard InChI is InChI=1S/C16H15FN2O4/c17-12-1-3-14(4-2-12)19-15(21)11(10-20)9-18(16(19)22)13-5-7-23-8-6-13/h1-4,9-10,13H,5-8H2. The topological polar surface area (TPSA) is 70.3 Å². The Balaban J connectivity index is 2.21. The number of hydrogen-bond donors (Lipinski definition) is 0. The van der Waals surface area contributed by atoms with Gasteiger partial charge in [-0.2, -0.15) is 0 Å². The Morgan fingerprint density at radius 3 is 2.39 bits per heavy atom. The van der Waals surface area contributed by atoms with E-state index in [4.69, 9.17) is 4.74 Å². The number of aromatic nitrogens is 2. The van der Waals surface area contributed by atoms with E-state index < -0.39 is 17.1 Å². The molecule has 1 fully saturated rings. The van der Waals surface area contributed by atoms with E-state index in [9.17, 15) is 18.8 Å². The van der Waals surface area contributed by atoms with E-state index in [0.29, 0.717) is 32.3 Å². The summed E-state index contributed by atoms with van der Waals surface area (Å²) >= 11 is 0. The molecule has 3 rings (SSSR count). The van der Waals surface area contributed by atoms with Crippen molar-refractivity contribution in [2.75, 3.05) is 13.2 Å². The minimum absolute atomic E-state index is 0.111. The normalized spacial score (nSPS) is 15.5. The monoisotopic (exact) mass is 318 g/mol. The van der Waals surface area contributed by atoms with Crippen LogP contribution in [0.4, 0.5) is 4.39 Å². The maximum absolute atomic E-state index is 13.1. The number of carbonyl (C=O) groups is 1. The van der Waals surface area contributed by atoms with Crippen LogP contribution < -0.4 is 11.2 Å². The predicted molar refractivity (Wildman–Crippen MR) is 80.7 cm³/mol. The average Bonchev–Trinajstić information content (AvgIpc) is 2.58. The average molecular weight is 318 g/mol. The van der Waals surface area contributed by atoms with E-state index in [1.807, 2.05) is 0 Å². The maximum atomic E-state index is 13.1. The molecule has 0 N–H and O–H groups in total. The van der Waals surface area contributed by atoms with Crippen LogP contribution in [0, 0.1) is 5.82 Å². The highest BCUT2D eigenvalue weighted by atomic mass is 19.1. The molecule has 1 aromatic carbocycles. The van der Waals surface area contributed by atoms with E-state index in [-0.39, 0.29) is 17.3 Å². The van der Waals surface area contributed by atoms with E-state index in [1.165, 1.54) is 22.9 Å². The summed E-state index contributed by atoms with van der Waals surface area (Å²) < 4.78 is 20.7. The molecule has 0 saturated carbocycles. The van der Waals surface area contributed by atoms with Gasteiger partial charge < -0.3 is 4.74 Å². The second kappa shape index (κ2) is 6.29. The van der Waals surface area contributed by atoms with Gasteiger partial charge in [0.25, 0.3) is 5.56 Å². The maximum Gasteiger partial charge on any atom is 0.335 e. The van der Waals surface area contributed by atoms with E-state index in [2.05, 4.69) is 0 Å². The van der Waals surface area contributed by atoms with Gasteiger partial charge in [-0.1, -0.05) is 0 Å². The lowest BCUT2D eigenvalue weighted by Gasteiger charge is -2.25. The van der Waals surface area contributed by atoms with Gasteiger partial charge in [0.15, 0.2) is 6.29 Å². The molecule has 1 saturated heterocycles. The third-order valence-electron chi connectivity index (χ3n) is 3.94. The third-order valence-corrected chi connectivity index (χ3v) is 3.94. The molecule has 0 spiro atoms. The van der Waals surface area contributed by atoms with Crippen molar-refractivity contribution in [1.82, 2.24) is 9.13 Å². The van der Waals surface area contributed by atoms with Gasteiger partial charge in [0.1, 0.15) is 5.82 Å². The lowest BCUT2D eigenvalue weighted by molar-refractivity contribution is 0.0679. The summed E-state index contributed by atoms with van der Waals surface area (Å²) in [6.07, 6.45) is 2.98. The summed E-state index contributed by atoms with van der Waals surface area (Å²) in [5.74, 6) is -0.474. The molecule has 0 aliphatic carbocycles. The number of benzene rings is 1. The fourth-order valence-electron chi connectivity index (χ4n) is 2.72. The Morgan fingerprint density at radius 2 is 1.78 bits per heavy atom. The van der Waals surface area contributed by atoms with Crippen molar-refractivity contribution in [3.05, 3.63) is 62.7 Å². The highest BCUT2D eigenvalue weighted by Gasteiger charge is 2.21. The summed E-state index contributed by atoms with van der Waals surface area (Å²) in [5.41, 5.74) is -1.13. The Kier molecular flexibility index (Phi) is 4.20. The smallest absolute Gasteiger partial charge is 0.335 e. The Morgan fingerprint density at radius 1 is 1.13 bits per heavy atom. The first-order valence-electron chi connectivity index (χ1n) is 7.29. The van der Waals surface area contributed by atoms with Gasteiger partial charge in [-0.25, -0.2) is 13.8 Å². The zero-order chi connectivity index (χ0) is 16.4. The minimum Gasteiger partial charge on any atom is -0.381 e. The summed E-state index contributed by atoms with van der Waals surface area (Å²) in [6.45, 7) is 1.03. The highest BCUT2D eigenvalue weighted by molar-refractivity contribution is 5.73. The largest absolute Gasteiger partial charge is 0.381 e. The fraction of sp³-hybridized carbons (Fsp3) is 0.312. The van der Waals surface area contributed by atoms with Crippen LogP contribution in [0.1, 0.15) is 29.2 Å². The van der Waals surface area contributed by atoms with Crippen molar-refractivity contribution in [2.24, 2.45) is 0 Å². The number of ether oxygens (including phenoxy) is 1. The molecular formula is C16H15FN2O4. The van der Waals surface area contributed by atoms with Gasteiger partial charge in [0.2, 0.25) is 0 Å². The van der Waals surface area contributed by atoms with Gasteiger partial charge in [-0.05, 0) is 37.1 Å². The van der Waals surface area contributed by atoms with Gasteiger partial charge >= 0.3 is 5.69 Å². The van der Waals surface area contributed by atoms with E-state index >= 15 is 0 Å². The van der Waals surface area contributed by atoms with Crippen LogP contribution in [-0.2, 0) is 4.74 Å². The zero-order valence-corrected chi connectivity index (χ0v) is 12.3. The van der Waals surface area contributed by atoms with Crippen LogP contribution in [0.15, 0.2) is 40.1 Å². The Bertz CT molecular complexity index is 833. The van der Waals surface area contributed by atoms with Crippen LogP contribution in [-0.4, -0.2) is 28.6 Å². The summed E-state index contributed by atoms with van der Waals surface area (Å²) in [5, 5.41) is 0. The molecular weight excluding hydrogens is 303 g/mol. The number of nitrogens with zero attached hydrogens (tertiary/aromatic N) is 2. The first kappa shape index (κ1) is 15.4. The van der Waals surface area contributed by atoms with Gasteiger partial charge in [0.05, 0.1) is 11.3 Å². The zero-order valence-electron chi connectivity index (χ0n) is 12.3. The molecule has 2 heterocycles. The SMILES string of the molecule is O=Cc1cn(C2CCOCC2)c(=O)n(-c2ccc(F)cc2)c1=O. The molecule has 0 atom stereocenters. The quantitative estimate of drug-likeness (QED) is 0.800. The molecule has 1 aliphatic rings. The number of rotatable bonds is 3. The molecule has 0 unspecified atom stereocenters. The molecule has 1 aromatic heterocycles. The van der Waals surface area contributed by atoms with Crippen molar-refractivity contribution in [1.29, 1.82) is 0 Å². The third kappa shape index (κ3) is 2.87. The summed E-state index contributed by atoms with van der Waals surface area (Å²) in [4.78, 5) is 36.3. The van der Waals surface area contributed by atoms with Crippen LogP contribution in [0.25, 0.3) is 5.69 Å². The van der Waals surface area contributed by atoms with Crippen molar-refractivity contribution in [3.63, 3.8) is 0 Å². The Labute approximate surface area is 130 Å². The molecule has 2 aromatic rings. The summed E-state index contributed by atoms with van der Waals surface area (Å²) in [6, 6.07) is 4.85. The first-order valence-corrected chi connectivity index (χ1v) is 7.29. The number of halogens is 1. The molecule has 7 heteroatoms. The molecule has 6 nitrogen and oxygen atoms in total. The van der Waals surface area contributed by atoms with Crippen LogP contribution in [0.5, 0.6) is 0 Å². The van der Waals surface area contributed by atoms with E-state index in [1.54, 1.807) is 0 Å². The van der Waals surface area contributed by atoms with Crippen molar-refractivity contribution in [2.45, 2.75) is 18.9 Å². The first-order chi connectivity index (χ1) is 11.1. The Hall–Kier alpha value is -2.54. The number of hydrogen-bond acceptors (Lipinski definition) is 4. The lowest BCUT2D eigenvalue weighted by Crippen LogP contribution is -2.42. The molecule has 0 bridgehead atoms. The van der Waals surface area contributed by atoms with Crippen LogP contribution in [0.2, 0.25) is 0 Å². The van der Waals surface area contributed by atoms with Gasteiger partial charge in [-0.15, -0.1) is 0 Å². The predicted octanol–water partition coefficient (Wildman–Crippen LogP) is 1.30. The van der Waals surface area contributed by atoms with Crippen molar-refractivity contribution < 1.29 is 13.9 Å². The van der Waals surface area contributed by atoms with E-state index in [0.717, 1.165) is 16.7 Å². The highest BCUT2D eigenvalue weighted by Crippen LogP contribution is 2.19. The molecule has 0 amide bonds. The number of aldehydes is 1. The molecule has 23 heavy (non-hydrogen) atoms. The van der Waals surface area contributed by atoms with Crippen molar-refractivity contribution in [3.8, 4) is 5.69 Å². The second-order valence-electron chi connectivity index (χ2n) is 5.35. The number of carbonyl (C=O) groups excluding carboxylic acids is 1. The second-order valence-corrected chi connectivity index (χ2v) is 5.35. The fourth-order valence-corrected chi connectivity index (χ4v) is 2.72. The van der Waals surface area contributed by atoms with Crippen LogP contribution >= 0.6 is 0 Å². The lowest BCUT2D eigenvalue weighted by atomic mass is 10.1. The molecule has 1 aliphatic heterocycles.